The van der Waals surface area contributed by atoms with Gasteiger partial charge in [0, 0.05) is 0 Å². The summed E-state index contributed by atoms with van der Waals surface area (Å²) in [6.07, 6.45) is 2.23. The van der Waals surface area contributed by atoms with Crippen molar-refractivity contribution < 1.29 is 0 Å². The van der Waals surface area contributed by atoms with Gasteiger partial charge >= 0.3 is 0 Å². The van der Waals surface area contributed by atoms with Gasteiger partial charge in [0.1, 0.15) is 0 Å². The number of rotatable bonds is 6. The molecule has 3 aromatic rings. The van der Waals surface area contributed by atoms with E-state index in [1.54, 1.807) is 0 Å². The maximum absolute atomic E-state index is 2.40. The lowest BCUT2D eigenvalue weighted by Gasteiger charge is -2.37. The Kier molecular flexibility index (Phi) is 5.79. The highest BCUT2D eigenvalue weighted by Crippen LogP contribution is 2.47. The molecule has 0 saturated heterocycles. The smallest absolute Gasteiger partial charge is 0.00649 e. The summed E-state index contributed by atoms with van der Waals surface area (Å²) in [6, 6.07) is 26.5. The van der Waals surface area contributed by atoms with E-state index in [4.69, 9.17) is 0 Å². The lowest BCUT2D eigenvalue weighted by molar-refractivity contribution is 0.457. The summed E-state index contributed by atoms with van der Waals surface area (Å²) in [5, 5.41) is 0. The third-order valence-corrected chi connectivity index (χ3v) is 6.53. The molecule has 0 unspecified atom stereocenters. The van der Waals surface area contributed by atoms with Crippen molar-refractivity contribution in [2.24, 2.45) is 0 Å². The maximum atomic E-state index is 2.40. The van der Waals surface area contributed by atoms with Crippen LogP contribution in [0, 0.1) is 0 Å². The normalized spacial score (nSPS) is 12.2. The highest BCUT2D eigenvalue weighted by molar-refractivity contribution is 5.87. The van der Waals surface area contributed by atoms with Gasteiger partial charge in [0.2, 0.25) is 0 Å². The second kappa shape index (κ2) is 7.95. The lowest BCUT2D eigenvalue weighted by Crippen LogP contribution is -2.26. The molecule has 0 heteroatoms. The molecule has 0 N–H and O–H groups in total. The van der Waals surface area contributed by atoms with Crippen LogP contribution in [0.1, 0.15) is 65.5 Å². The Morgan fingerprint density at radius 1 is 0.571 bits per heavy atom. The first-order valence-corrected chi connectivity index (χ1v) is 10.6. The molecule has 28 heavy (non-hydrogen) atoms. The zero-order valence-electron chi connectivity index (χ0n) is 18.3. The number of benzene rings is 3. The third-order valence-electron chi connectivity index (χ3n) is 6.53. The van der Waals surface area contributed by atoms with Crippen molar-refractivity contribution in [3.05, 3.63) is 83.9 Å². The molecule has 0 bridgehead atoms. The minimum absolute atomic E-state index is 0.0950. The van der Waals surface area contributed by atoms with Crippen LogP contribution in [0.5, 0.6) is 0 Å². The molecule has 0 spiro atoms. The van der Waals surface area contributed by atoms with Gasteiger partial charge in [-0.15, -0.1) is 0 Å². The van der Waals surface area contributed by atoms with Crippen molar-refractivity contribution in [1.82, 2.24) is 0 Å². The van der Waals surface area contributed by atoms with Gasteiger partial charge in [-0.05, 0) is 57.1 Å². The van der Waals surface area contributed by atoms with E-state index in [1.165, 1.54) is 33.4 Å². The Labute approximate surface area is 171 Å². The van der Waals surface area contributed by atoms with Gasteiger partial charge in [-0.1, -0.05) is 114 Å². The minimum atomic E-state index is 0.0950. The fraction of sp³-hybridized carbons (Fsp3) is 0.357. The molecular weight excluding hydrogens is 336 g/mol. The maximum Gasteiger partial charge on any atom is -0.00649 e. The summed E-state index contributed by atoms with van der Waals surface area (Å²) in [7, 11) is 0. The predicted molar refractivity (Wildman–Crippen MR) is 124 cm³/mol. The molecule has 0 aliphatic rings. The molecule has 0 saturated carbocycles. The second-order valence-corrected chi connectivity index (χ2v) is 9.12. The standard InChI is InChI=1S/C28H34/c1-7-27(3,4)24-20-19-23(21-15-11-9-12-16-21)25(22-17-13-10-14-18-22)26(24)28(5,6)8-2/h9-20H,7-8H2,1-6H3. The molecule has 0 fully saturated rings. The lowest BCUT2D eigenvalue weighted by atomic mass is 9.67. The number of hydrogen-bond acceptors (Lipinski definition) is 0. The summed E-state index contributed by atoms with van der Waals surface area (Å²) in [5.41, 5.74) is 8.56. The van der Waals surface area contributed by atoms with Gasteiger partial charge in [-0.25, -0.2) is 0 Å². The zero-order chi connectivity index (χ0) is 20.4. The zero-order valence-corrected chi connectivity index (χ0v) is 18.3. The molecule has 0 aromatic heterocycles. The molecule has 3 aromatic carbocycles. The Morgan fingerprint density at radius 2 is 1.07 bits per heavy atom. The topological polar surface area (TPSA) is 0 Å². The van der Waals surface area contributed by atoms with E-state index in [0.717, 1.165) is 12.8 Å². The minimum Gasteiger partial charge on any atom is -0.0646 e. The molecule has 146 valence electrons. The van der Waals surface area contributed by atoms with E-state index in [0.29, 0.717) is 0 Å². The molecule has 0 amide bonds. The molecule has 0 atom stereocenters. The van der Waals surface area contributed by atoms with Crippen LogP contribution in [0.15, 0.2) is 72.8 Å². The Bertz CT molecular complexity index is 915. The molecule has 0 nitrogen and oxygen atoms in total. The van der Waals surface area contributed by atoms with Gasteiger partial charge < -0.3 is 0 Å². The first kappa shape index (κ1) is 20.4. The van der Waals surface area contributed by atoms with Crippen molar-refractivity contribution in [2.45, 2.75) is 65.2 Å². The molecule has 0 aliphatic carbocycles. The predicted octanol–water partition coefficient (Wildman–Crippen LogP) is 8.40. The fourth-order valence-electron chi connectivity index (χ4n) is 4.00. The van der Waals surface area contributed by atoms with Crippen molar-refractivity contribution in [2.75, 3.05) is 0 Å². The molecule has 0 radical (unpaired) electrons. The van der Waals surface area contributed by atoms with E-state index in [2.05, 4.69) is 114 Å². The van der Waals surface area contributed by atoms with E-state index in [-0.39, 0.29) is 10.8 Å². The summed E-state index contributed by atoms with van der Waals surface area (Å²) < 4.78 is 0. The molecular formula is C28H34. The largest absolute Gasteiger partial charge is 0.0646 e. The van der Waals surface area contributed by atoms with Crippen molar-refractivity contribution in [1.29, 1.82) is 0 Å². The van der Waals surface area contributed by atoms with Crippen LogP contribution in [0.4, 0.5) is 0 Å². The van der Waals surface area contributed by atoms with E-state index in [9.17, 15) is 0 Å². The van der Waals surface area contributed by atoms with Gasteiger partial charge in [0.05, 0.1) is 0 Å². The molecule has 3 rings (SSSR count). The van der Waals surface area contributed by atoms with Crippen molar-refractivity contribution in [3.8, 4) is 22.3 Å². The van der Waals surface area contributed by atoms with E-state index < -0.39 is 0 Å². The van der Waals surface area contributed by atoms with Crippen molar-refractivity contribution >= 4 is 0 Å². The first-order chi connectivity index (χ1) is 13.3. The Morgan fingerprint density at radius 3 is 1.57 bits per heavy atom. The van der Waals surface area contributed by atoms with Gasteiger partial charge in [0.25, 0.3) is 0 Å². The second-order valence-electron chi connectivity index (χ2n) is 9.12. The molecule has 0 heterocycles. The van der Waals surface area contributed by atoms with Crippen LogP contribution >= 0.6 is 0 Å². The van der Waals surface area contributed by atoms with E-state index in [1.807, 2.05) is 0 Å². The van der Waals surface area contributed by atoms with Crippen LogP contribution in [0.25, 0.3) is 22.3 Å². The van der Waals surface area contributed by atoms with Crippen LogP contribution in [-0.4, -0.2) is 0 Å². The SMILES string of the molecule is CCC(C)(C)c1ccc(-c2ccccc2)c(-c2ccccc2)c1C(C)(C)CC. The van der Waals surface area contributed by atoms with Crippen LogP contribution in [-0.2, 0) is 10.8 Å². The van der Waals surface area contributed by atoms with Gasteiger partial charge in [-0.3, -0.25) is 0 Å². The highest BCUT2D eigenvalue weighted by Gasteiger charge is 2.32. The van der Waals surface area contributed by atoms with Crippen LogP contribution in [0.3, 0.4) is 0 Å². The highest BCUT2D eigenvalue weighted by atomic mass is 14.4. The van der Waals surface area contributed by atoms with Gasteiger partial charge in [-0.2, -0.15) is 0 Å². The fourth-order valence-corrected chi connectivity index (χ4v) is 4.00. The monoisotopic (exact) mass is 370 g/mol. The Balaban J connectivity index is 2.47. The average Bonchev–Trinajstić information content (AvgIpc) is 2.74. The average molecular weight is 371 g/mol. The first-order valence-electron chi connectivity index (χ1n) is 10.6. The summed E-state index contributed by atoms with van der Waals surface area (Å²) in [5.74, 6) is 0. The summed E-state index contributed by atoms with van der Waals surface area (Å²) >= 11 is 0. The van der Waals surface area contributed by atoms with Crippen molar-refractivity contribution in [3.63, 3.8) is 0 Å². The summed E-state index contributed by atoms with van der Waals surface area (Å²) in [4.78, 5) is 0. The van der Waals surface area contributed by atoms with Crippen LogP contribution in [0.2, 0.25) is 0 Å². The number of hydrogen-bond donors (Lipinski definition) is 0. The summed E-state index contributed by atoms with van der Waals surface area (Å²) in [6.45, 7) is 14.2. The van der Waals surface area contributed by atoms with Crippen LogP contribution < -0.4 is 0 Å². The van der Waals surface area contributed by atoms with Gasteiger partial charge in [0.15, 0.2) is 0 Å². The third kappa shape index (κ3) is 3.78. The molecule has 0 aliphatic heterocycles. The quantitative estimate of drug-likeness (QED) is 0.408. The Hall–Kier alpha value is -2.34. The van der Waals surface area contributed by atoms with E-state index >= 15 is 0 Å².